The number of nitrogens with zero attached hydrogens (tertiary/aromatic N) is 2. The van der Waals surface area contributed by atoms with Crippen molar-refractivity contribution in [2.45, 2.75) is 20.8 Å². The topological polar surface area (TPSA) is 42.0 Å². The lowest BCUT2D eigenvalue weighted by Crippen LogP contribution is -2.50. The number of rotatable bonds is 7. The van der Waals surface area contributed by atoms with Gasteiger partial charge in [-0.1, -0.05) is 32.1 Å². The Morgan fingerprint density at radius 1 is 1.20 bits per heavy atom. The quantitative estimate of drug-likeness (QED) is 0.761. The van der Waals surface area contributed by atoms with Crippen molar-refractivity contribution in [2.75, 3.05) is 46.4 Å². The molecule has 0 aromatic heterocycles. The van der Waals surface area contributed by atoms with Crippen LogP contribution in [0.25, 0.3) is 6.08 Å². The van der Waals surface area contributed by atoms with Gasteiger partial charge in [0, 0.05) is 32.7 Å². The van der Waals surface area contributed by atoms with E-state index in [2.05, 4.69) is 18.7 Å². The number of carbonyl (C=O) groups is 1. The van der Waals surface area contributed by atoms with Gasteiger partial charge in [-0.2, -0.15) is 0 Å². The van der Waals surface area contributed by atoms with Crippen LogP contribution in [0, 0.1) is 5.92 Å². The van der Waals surface area contributed by atoms with Crippen LogP contribution in [0.2, 0.25) is 0 Å². The summed E-state index contributed by atoms with van der Waals surface area (Å²) in [6.45, 7) is 11.0. The Balaban J connectivity index is 1.86. The number of hydrogen-bond acceptors (Lipinski definition) is 4. The second-order valence-electron chi connectivity index (χ2n) is 6.77. The number of carbonyl (C=O) groups excluding carboxylic acids is 1. The van der Waals surface area contributed by atoms with Crippen LogP contribution in [0.1, 0.15) is 26.3 Å². The maximum atomic E-state index is 12.4. The van der Waals surface area contributed by atoms with Gasteiger partial charge in [0.25, 0.3) is 5.91 Å². The van der Waals surface area contributed by atoms with Gasteiger partial charge in [-0.3, -0.25) is 9.69 Å². The van der Waals surface area contributed by atoms with Crippen LogP contribution in [0.4, 0.5) is 0 Å². The molecule has 0 atom stereocenters. The van der Waals surface area contributed by atoms with Crippen LogP contribution in [0.5, 0.6) is 11.5 Å². The number of ether oxygens (including phenoxy) is 2. The van der Waals surface area contributed by atoms with E-state index in [0.29, 0.717) is 17.4 Å². The summed E-state index contributed by atoms with van der Waals surface area (Å²) in [5, 5.41) is 0. The van der Waals surface area contributed by atoms with Gasteiger partial charge in [0.1, 0.15) is 0 Å². The molecule has 1 aliphatic rings. The number of piperazine rings is 1. The third-order valence-electron chi connectivity index (χ3n) is 4.25. The zero-order chi connectivity index (χ0) is 18.2. The highest BCUT2D eigenvalue weighted by molar-refractivity contribution is 5.78. The van der Waals surface area contributed by atoms with Crippen LogP contribution < -0.4 is 9.47 Å². The minimum Gasteiger partial charge on any atom is -0.493 e. The standard InChI is InChI=1S/C20H30N2O3/c1-5-6-17-7-8-18(19(13-17)24-4)25-15-20(23)22-11-9-21(10-12-22)14-16(2)3/h5-8,13,16H,9-12,14-15H2,1-4H3. The average molecular weight is 346 g/mol. The summed E-state index contributed by atoms with van der Waals surface area (Å²) in [4.78, 5) is 16.7. The van der Waals surface area contributed by atoms with Crippen molar-refractivity contribution in [1.82, 2.24) is 9.80 Å². The van der Waals surface area contributed by atoms with Gasteiger partial charge in [-0.25, -0.2) is 0 Å². The van der Waals surface area contributed by atoms with Crippen molar-refractivity contribution in [1.29, 1.82) is 0 Å². The van der Waals surface area contributed by atoms with E-state index >= 15 is 0 Å². The molecule has 1 aliphatic heterocycles. The first-order chi connectivity index (χ1) is 12.0. The van der Waals surface area contributed by atoms with Gasteiger partial charge in [0.2, 0.25) is 0 Å². The minimum absolute atomic E-state index is 0.0313. The summed E-state index contributed by atoms with van der Waals surface area (Å²) >= 11 is 0. The summed E-state index contributed by atoms with van der Waals surface area (Å²) in [5.74, 6) is 1.93. The zero-order valence-electron chi connectivity index (χ0n) is 15.8. The largest absolute Gasteiger partial charge is 0.493 e. The van der Waals surface area contributed by atoms with Crippen molar-refractivity contribution >= 4 is 12.0 Å². The maximum absolute atomic E-state index is 12.4. The molecule has 0 unspecified atom stereocenters. The van der Waals surface area contributed by atoms with E-state index in [-0.39, 0.29) is 12.5 Å². The molecular weight excluding hydrogens is 316 g/mol. The van der Waals surface area contributed by atoms with Gasteiger partial charge < -0.3 is 14.4 Å². The van der Waals surface area contributed by atoms with E-state index in [1.165, 1.54) is 0 Å². The molecule has 1 saturated heterocycles. The minimum atomic E-state index is 0.0313. The second-order valence-corrected chi connectivity index (χ2v) is 6.77. The van der Waals surface area contributed by atoms with E-state index in [1.54, 1.807) is 7.11 Å². The molecule has 0 aliphatic carbocycles. The van der Waals surface area contributed by atoms with Crippen molar-refractivity contribution < 1.29 is 14.3 Å². The van der Waals surface area contributed by atoms with E-state index in [4.69, 9.17) is 9.47 Å². The fourth-order valence-electron chi connectivity index (χ4n) is 3.03. The molecule has 0 bridgehead atoms. The van der Waals surface area contributed by atoms with Crippen molar-refractivity contribution in [3.8, 4) is 11.5 Å². The molecule has 2 rings (SSSR count). The predicted molar refractivity (Wildman–Crippen MR) is 101 cm³/mol. The molecule has 1 amide bonds. The molecule has 5 nitrogen and oxygen atoms in total. The molecule has 1 fully saturated rings. The normalized spacial score (nSPS) is 15.8. The monoisotopic (exact) mass is 346 g/mol. The number of allylic oxidation sites excluding steroid dienone is 1. The van der Waals surface area contributed by atoms with E-state index in [0.717, 1.165) is 38.3 Å². The summed E-state index contributed by atoms with van der Waals surface area (Å²) in [6.07, 6.45) is 3.96. The average Bonchev–Trinajstić information content (AvgIpc) is 2.60. The van der Waals surface area contributed by atoms with Gasteiger partial charge in [-0.15, -0.1) is 0 Å². The Labute approximate surface area is 151 Å². The Morgan fingerprint density at radius 2 is 1.92 bits per heavy atom. The van der Waals surface area contributed by atoms with Gasteiger partial charge >= 0.3 is 0 Å². The molecule has 0 spiro atoms. The van der Waals surface area contributed by atoms with Gasteiger partial charge in [0.05, 0.1) is 7.11 Å². The Kier molecular flexibility index (Phi) is 7.31. The zero-order valence-corrected chi connectivity index (χ0v) is 15.8. The highest BCUT2D eigenvalue weighted by Crippen LogP contribution is 2.28. The van der Waals surface area contributed by atoms with Crippen LogP contribution >= 0.6 is 0 Å². The molecule has 138 valence electrons. The van der Waals surface area contributed by atoms with E-state index in [9.17, 15) is 4.79 Å². The molecule has 1 heterocycles. The lowest BCUT2D eigenvalue weighted by atomic mass is 10.2. The Morgan fingerprint density at radius 3 is 2.52 bits per heavy atom. The molecule has 5 heteroatoms. The summed E-state index contributed by atoms with van der Waals surface area (Å²) in [5.41, 5.74) is 1.04. The lowest BCUT2D eigenvalue weighted by Gasteiger charge is -2.35. The van der Waals surface area contributed by atoms with Gasteiger partial charge in [-0.05, 0) is 30.5 Å². The molecule has 25 heavy (non-hydrogen) atoms. The SMILES string of the molecule is CC=Cc1ccc(OCC(=O)N2CCN(CC(C)C)CC2)c(OC)c1. The Hall–Kier alpha value is -2.01. The summed E-state index contributed by atoms with van der Waals surface area (Å²) in [7, 11) is 1.61. The highest BCUT2D eigenvalue weighted by atomic mass is 16.5. The predicted octanol–water partition coefficient (Wildman–Crippen LogP) is 2.91. The van der Waals surface area contributed by atoms with Crippen LogP contribution in [-0.4, -0.2) is 62.1 Å². The molecular formula is C20H30N2O3. The van der Waals surface area contributed by atoms with Crippen molar-refractivity contribution in [3.05, 3.63) is 29.8 Å². The second kappa shape index (κ2) is 9.47. The van der Waals surface area contributed by atoms with E-state index < -0.39 is 0 Å². The van der Waals surface area contributed by atoms with Crippen molar-refractivity contribution in [2.24, 2.45) is 5.92 Å². The molecule has 0 N–H and O–H groups in total. The lowest BCUT2D eigenvalue weighted by molar-refractivity contribution is -0.135. The first-order valence-corrected chi connectivity index (χ1v) is 8.97. The first kappa shape index (κ1) is 19.3. The third kappa shape index (κ3) is 5.78. The maximum Gasteiger partial charge on any atom is 0.260 e. The molecule has 0 radical (unpaired) electrons. The summed E-state index contributed by atoms with van der Waals surface area (Å²) in [6, 6.07) is 5.71. The van der Waals surface area contributed by atoms with E-state index in [1.807, 2.05) is 42.2 Å². The van der Waals surface area contributed by atoms with Crippen LogP contribution in [0.3, 0.4) is 0 Å². The highest BCUT2D eigenvalue weighted by Gasteiger charge is 2.22. The fraction of sp³-hybridized carbons (Fsp3) is 0.550. The smallest absolute Gasteiger partial charge is 0.260 e. The molecule has 1 aromatic rings. The summed E-state index contributed by atoms with van der Waals surface area (Å²) < 4.78 is 11.1. The van der Waals surface area contributed by atoms with Gasteiger partial charge in [0.15, 0.2) is 18.1 Å². The van der Waals surface area contributed by atoms with Crippen LogP contribution in [-0.2, 0) is 4.79 Å². The Bertz CT molecular complexity index is 591. The fourth-order valence-corrected chi connectivity index (χ4v) is 3.03. The number of hydrogen-bond donors (Lipinski definition) is 0. The first-order valence-electron chi connectivity index (χ1n) is 8.97. The third-order valence-corrected chi connectivity index (χ3v) is 4.25. The number of methoxy groups -OCH3 is 1. The molecule has 1 aromatic carbocycles. The number of benzene rings is 1. The van der Waals surface area contributed by atoms with Crippen molar-refractivity contribution in [3.63, 3.8) is 0 Å². The van der Waals surface area contributed by atoms with Crippen LogP contribution in [0.15, 0.2) is 24.3 Å². The number of amides is 1. The molecule has 0 saturated carbocycles.